The van der Waals surface area contributed by atoms with Crippen molar-refractivity contribution in [2.24, 2.45) is 0 Å². The second-order valence-electron chi connectivity index (χ2n) is 7.34. The molecule has 142 valence electrons. The Hall–Kier alpha value is -3.29. The van der Waals surface area contributed by atoms with Gasteiger partial charge in [-0.25, -0.2) is 23.9 Å². The lowest BCUT2D eigenvalue weighted by Crippen LogP contribution is -2.37. The number of imidazole rings is 1. The summed E-state index contributed by atoms with van der Waals surface area (Å²) < 4.78 is 15.8. The van der Waals surface area contributed by atoms with Gasteiger partial charge in [-0.1, -0.05) is 13.8 Å². The van der Waals surface area contributed by atoms with E-state index in [0.29, 0.717) is 17.4 Å². The Kier molecular flexibility index (Phi) is 3.85. The van der Waals surface area contributed by atoms with Crippen LogP contribution in [0.4, 0.5) is 10.3 Å². The molecule has 8 heteroatoms. The molecule has 1 aliphatic heterocycles. The van der Waals surface area contributed by atoms with Crippen molar-refractivity contribution in [3.63, 3.8) is 0 Å². The van der Waals surface area contributed by atoms with Gasteiger partial charge in [-0.15, -0.1) is 0 Å². The van der Waals surface area contributed by atoms with E-state index in [1.165, 1.54) is 6.07 Å². The third kappa shape index (κ3) is 2.64. The summed E-state index contributed by atoms with van der Waals surface area (Å²) >= 11 is 0. The van der Waals surface area contributed by atoms with E-state index in [9.17, 15) is 4.39 Å². The van der Waals surface area contributed by atoms with Gasteiger partial charge in [0.2, 0.25) is 5.95 Å². The first-order chi connectivity index (χ1) is 13.6. The minimum absolute atomic E-state index is 0.279. The highest BCUT2D eigenvalue weighted by Gasteiger charge is 2.34. The summed E-state index contributed by atoms with van der Waals surface area (Å²) in [5, 5.41) is 4.62. The number of aromatic nitrogens is 6. The molecule has 0 aromatic carbocycles. The summed E-state index contributed by atoms with van der Waals surface area (Å²) in [5.41, 5.74) is 4.20. The number of nitrogens with one attached hydrogen (secondary N) is 1. The Balaban J connectivity index is 1.63. The lowest BCUT2D eigenvalue weighted by Gasteiger charge is -2.33. The Morgan fingerprint density at radius 3 is 2.79 bits per heavy atom. The van der Waals surface area contributed by atoms with Gasteiger partial charge in [0.1, 0.15) is 17.4 Å². The lowest BCUT2D eigenvalue weighted by molar-refractivity contribution is 0.600. The Bertz CT molecular complexity index is 1130. The molecule has 1 aliphatic rings. The van der Waals surface area contributed by atoms with Crippen LogP contribution in [-0.2, 0) is 6.42 Å². The quantitative estimate of drug-likeness (QED) is 0.593. The van der Waals surface area contributed by atoms with Crippen LogP contribution in [0.2, 0.25) is 0 Å². The van der Waals surface area contributed by atoms with Gasteiger partial charge >= 0.3 is 0 Å². The van der Waals surface area contributed by atoms with Crippen LogP contribution in [0.3, 0.4) is 0 Å². The van der Waals surface area contributed by atoms with Crippen LogP contribution >= 0.6 is 0 Å². The predicted octanol–water partition coefficient (Wildman–Crippen LogP) is 3.26. The van der Waals surface area contributed by atoms with E-state index in [0.717, 1.165) is 35.6 Å². The molecule has 1 atom stereocenters. The topological polar surface area (TPSA) is 75.0 Å². The van der Waals surface area contributed by atoms with E-state index in [4.69, 9.17) is 0 Å². The lowest BCUT2D eigenvalue weighted by atomic mass is 10.00. The van der Waals surface area contributed by atoms with Crippen molar-refractivity contribution in [1.82, 2.24) is 29.5 Å². The maximum Gasteiger partial charge on any atom is 0.226 e. The van der Waals surface area contributed by atoms with Gasteiger partial charge in [-0.05, 0) is 29.7 Å². The molecule has 0 saturated heterocycles. The smallest absolute Gasteiger partial charge is 0.226 e. The van der Waals surface area contributed by atoms with E-state index in [2.05, 4.69) is 43.8 Å². The summed E-state index contributed by atoms with van der Waals surface area (Å²) in [6, 6.07) is 4.58. The predicted molar refractivity (Wildman–Crippen MR) is 103 cm³/mol. The molecule has 1 N–H and O–H groups in total. The molecular weight excluding hydrogens is 357 g/mol. The number of aromatic amines is 1. The normalized spacial score (nSPS) is 16.7. The molecule has 0 unspecified atom stereocenters. The largest absolute Gasteiger partial charge is 0.348 e. The van der Waals surface area contributed by atoms with Gasteiger partial charge in [0, 0.05) is 37.3 Å². The number of hydrogen-bond donors (Lipinski definition) is 1. The molecule has 0 aliphatic carbocycles. The average molecular weight is 377 g/mol. The molecule has 4 aromatic rings. The van der Waals surface area contributed by atoms with Crippen molar-refractivity contribution >= 4 is 11.5 Å². The summed E-state index contributed by atoms with van der Waals surface area (Å²) in [5.74, 6) is 0.689. The standard InChI is InChI=1S/C20H20FN7/c1-12(2)13-9-22-20(23-10-13)27-7-5-15-18(25-11-24-15)19(27)16-8-17-14(21)4-3-6-28(17)26-16/h3-4,6,8-12,19H,5,7H2,1-2H3,(H,24,25)/t19-/m1/s1. The number of rotatable bonds is 3. The molecule has 0 bridgehead atoms. The molecule has 28 heavy (non-hydrogen) atoms. The summed E-state index contributed by atoms with van der Waals surface area (Å²) in [7, 11) is 0. The fourth-order valence-corrected chi connectivity index (χ4v) is 3.70. The highest BCUT2D eigenvalue weighted by molar-refractivity contribution is 5.53. The van der Waals surface area contributed by atoms with E-state index in [1.54, 1.807) is 29.2 Å². The van der Waals surface area contributed by atoms with Crippen molar-refractivity contribution in [2.75, 3.05) is 11.4 Å². The van der Waals surface area contributed by atoms with Crippen molar-refractivity contribution in [2.45, 2.75) is 32.2 Å². The zero-order chi connectivity index (χ0) is 19.3. The first-order valence-corrected chi connectivity index (χ1v) is 9.36. The molecule has 4 aromatic heterocycles. The maximum absolute atomic E-state index is 14.2. The number of anilines is 1. The molecule has 0 saturated carbocycles. The highest BCUT2D eigenvalue weighted by atomic mass is 19.1. The monoisotopic (exact) mass is 377 g/mol. The first kappa shape index (κ1) is 16.9. The first-order valence-electron chi connectivity index (χ1n) is 9.36. The van der Waals surface area contributed by atoms with Crippen molar-refractivity contribution in [1.29, 1.82) is 0 Å². The number of nitrogens with zero attached hydrogens (tertiary/aromatic N) is 6. The molecule has 0 fully saturated rings. The van der Waals surface area contributed by atoms with E-state index < -0.39 is 0 Å². The van der Waals surface area contributed by atoms with E-state index in [-0.39, 0.29) is 11.9 Å². The Morgan fingerprint density at radius 2 is 2.04 bits per heavy atom. The third-order valence-corrected chi connectivity index (χ3v) is 5.26. The zero-order valence-electron chi connectivity index (χ0n) is 15.7. The minimum Gasteiger partial charge on any atom is -0.348 e. The van der Waals surface area contributed by atoms with Gasteiger partial charge in [0.15, 0.2) is 0 Å². The second kappa shape index (κ2) is 6.40. The molecule has 5 heterocycles. The minimum atomic E-state index is -0.302. The number of halogens is 1. The van der Waals surface area contributed by atoms with Gasteiger partial charge in [0.05, 0.1) is 17.7 Å². The number of fused-ring (bicyclic) bond motifs is 2. The molecule has 5 rings (SSSR count). The Morgan fingerprint density at radius 1 is 1.21 bits per heavy atom. The number of pyridine rings is 1. The summed E-state index contributed by atoms with van der Waals surface area (Å²) in [6.45, 7) is 4.95. The highest BCUT2D eigenvalue weighted by Crippen LogP contribution is 2.35. The van der Waals surface area contributed by atoms with Crippen molar-refractivity contribution < 1.29 is 4.39 Å². The number of H-pyrrole nitrogens is 1. The number of hydrogen-bond acceptors (Lipinski definition) is 5. The third-order valence-electron chi connectivity index (χ3n) is 5.26. The molecule has 7 nitrogen and oxygen atoms in total. The molecule has 0 spiro atoms. The second-order valence-corrected chi connectivity index (χ2v) is 7.34. The van der Waals surface area contributed by atoms with Crippen molar-refractivity contribution in [3.8, 4) is 0 Å². The van der Waals surface area contributed by atoms with Crippen LogP contribution in [0.5, 0.6) is 0 Å². The van der Waals surface area contributed by atoms with Gasteiger partial charge in [-0.3, -0.25) is 0 Å². The summed E-state index contributed by atoms with van der Waals surface area (Å²) in [6.07, 6.45) is 7.98. The van der Waals surface area contributed by atoms with Gasteiger partial charge < -0.3 is 9.88 Å². The zero-order valence-corrected chi connectivity index (χ0v) is 15.7. The van der Waals surface area contributed by atoms with Gasteiger partial charge in [-0.2, -0.15) is 5.10 Å². The SMILES string of the molecule is CC(C)c1cnc(N2CCc3[nH]cnc3[C@H]2c2cc3c(F)cccn3n2)nc1. The van der Waals surface area contributed by atoms with Crippen LogP contribution in [0.25, 0.3) is 5.52 Å². The van der Waals surface area contributed by atoms with Crippen LogP contribution in [0.15, 0.2) is 43.1 Å². The fourth-order valence-electron chi connectivity index (χ4n) is 3.70. The molecular formula is C20H20FN7. The van der Waals surface area contributed by atoms with Crippen molar-refractivity contribution in [3.05, 3.63) is 71.6 Å². The Labute approximate surface area is 161 Å². The van der Waals surface area contributed by atoms with Gasteiger partial charge in [0.25, 0.3) is 0 Å². The van der Waals surface area contributed by atoms with Crippen LogP contribution < -0.4 is 4.90 Å². The van der Waals surface area contributed by atoms with E-state index in [1.807, 2.05) is 12.4 Å². The summed E-state index contributed by atoms with van der Waals surface area (Å²) in [4.78, 5) is 19.0. The molecule has 0 radical (unpaired) electrons. The van der Waals surface area contributed by atoms with Crippen LogP contribution in [0, 0.1) is 5.82 Å². The van der Waals surface area contributed by atoms with Crippen LogP contribution in [0.1, 0.15) is 48.5 Å². The van der Waals surface area contributed by atoms with Crippen LogP contribution in [-0.4, -0.2) is 36.1 Å². The fraction of sp³-hybridized carbons (Fsp3) is 0.300. The van der Waals surface area contributed by atoms with E-state index >= 15 is 0 Å². The molecule has 0 amide bonds. The average Bonchev–Trinajstić information content (AvgIpc) is 3.34. The maximum atomic E-state index is 14.2.